The van der Waals surface area contributed by atoms with E-state index in [4.69, 9.17) is 4.74 Å². The Kier molecular flexibility index (Phi) is 14.2. The lowest BCUT2D eigenvalue weighted by Crippen LogP contribution is -2.56. The molecule has 1 aromatic carbocycles. The smallest absolute Gasteiger partial charge is 0.412 e. The molecule has 3 rings (SSSR count). The van der Waals surface area contributed by atoms with Crippen LogP contribution in [0.2, 0.25) is 0 Å². The Morgan fingerprint density at radius 1 is 1.08 bits per heavy atom. The van der Waals surface area contributed by atoms with E-state index in [2.05, 4.69) is 26.6 Å². The number of ether oxygens (including phenoxy) is 1. The Labute approximate surface area is 296 Å². The predicted octanol–water partition coefficient (Wildman–Crippen LogP) is 5.83. The van der Waals surface area contributed by atoms with Crippen molar-refractivity contribution < 1.29 is 28.3 Å². The standard InChI is InChI=1S/C36H49BrFN5O6/c1-23(2)20-28-32(45)42(7)30(22-24-21-25(38)16-17-26(24)37)34(47)41(6)18-12-10-8-9-11-15-29(31(44)39-28)43-19-13-14-27(33(43)46)40-35(48)49-36(3,4)5/h9,11,13-14,16-17,19,21,23,28-30H,8,10,12,15,18,20,22H2,1-7H3,(H,39,44)(H,40,48)/b11-9+/t28-,29-,30-/m0/s1. The number of allylic oxidation sites excluding steroid dienone is 2. The van der Waals surface area contributed by atoms with Gasteiger partial charge >= 0.3 is 6.09 Å². The second-order valence-corrected chi connectivity index (χ2v) is 14.7. The fourth-order valence-corrected chi connectivity index (χ4v) is 6.00. The number of carbonyl (C=O) groups is 4. The molecule has 0 saturated heterocycles. The van der Waals surface area contributed by atoms with E-state index >= 15 is 0 Å². The fraction of sp³-hybridized carbons (Fsp3) is 0.528. The maximum absolute atomic E-state index is 14.3. The highest BCUT2D eigenvalue weighted by Gasteiger charge is 2.36. The first-order valence-corrected chi connectivity index (χ1v) is 17.4. The minimum absolute atomic E-state index is 0.0233. The zero-order chi connectivity index (χ0) is 36.5. The molecule has 0 aliphatic carbocycles. The zero-order valence-corrected chi connectivity index (χ0v) is 31.0. The van der Waals surface area contributed by atoms with Crippen molar-refractivity contribution in [3.63, 3.8) is 0 Å². The number of anilines is 1. The number of benzene rings is 1. The van der Waals surface area contributed by atoms with Crippen molar-refractivity contribution in [2.75, 3.05) is 26.0 Å². The number of pyridine rings is 1. The van der Waals surface area contributed by atoms with Gasteiger partial charge in [-0.25, -0.2) is 9.18 Å². The van der Waals surface area contributed by atoms with Crippen molar-refractivity contribution in [2.24, 2.45) is 5.92 Å². The van der Waals surface area contributed by atoms with Gasteiger partial charge in [0.2, 0.25) is 17.7 Å². The van der Waals surface area contributed by atoms with Crippen molar-refractivity contribution in [3.05, 3.63) is 74.9 Å². The maximum atomic E-state index is 14.3. The molecule has 2 N–H and O–H groups in total. The maximum Gasteiger partial charge on any atom is 0.412 e. The Balaban J connectivity index is 2.04. The summed E-state index contributed by atoms with van der Waals surface area (Å²) in [5.74, 6) is -1.86. The Morgan fingerprint density at radius 2 is 1.80 bits per heavy atom. The third-order valence-corrected chi connectivity index (χ3v) is 8.88. The molecule has 0 fully saturated rings. The average molecular weight is 747 g/mol. The van der Waals surface area contributed by atoms with Gasteiger partial charge in [-0.3, -0.25) is 24.5 Å². The van der Waals surface area contributed by atoms with Crippen LogP contribution in [0.15, 0.2) is 57.9 Å². The summed E-state index contributed by atoms with van der Waals surface area (Å²) in [6, 6.07) is 4.10. The van der Waals surface area contributed by atoms with Crippen molar-refractivity contribution in [1.29, 1.82) is 0 Å². The van der Waals surface area contributed by atoms with E-state index < -0.39 is 53.0 Å². The van der Waals surface area contributed by atoms with Crippen LogP contribution in [0.25, 0.3) is 0 Å². The highest BCUT2D eigenvalue weighted by atomic mass is 79.9. The van der Waals surface area contributed by atoms with E-state index in [1.165, 1.54) is 40.9 Å². The van der Waals surface area contributed by atoms with E-state index in [1.807, 2.05) is 26.0 Å². The number of amides is 4. The van der Waals surface area contributed by atoms with Crippen LogP contribution in [0.3, 0.4) is 0 Å². The molecule has 268 valence electrons. The lowest BCUT2D eigenvalue weighted by atomic mass is 9.98. The highest BCUT2D eigenvalue weighted by Crippen LogP contribution is 2.23. The van der Waals surface area contributed by atoms with Crippen LogP contribution < -0.4 is 16.2 Å². The molecule has 0 unspecified atom stereocenters. The first kappa shape index (κ1) is 39.4. The molecule has 0 radical (unpaired) electrons. The monoisotopic (exact) mass is 745 g/mol. The second-order valence-electron chi connectivity index (χ2n) is 13.8. The van der Waals surface area contributed by atoms with E-state index in [0.29, 0.717) is 29.4 Å². The molecule has 0 bridgehead atoms. The van der Waals surface area contributed by atoms with Gasteiger partial charge in [0, 0.05) is 37.7 Å². The van der Waals surface area contributed by atoms with Crippen molar-refractivity contribution in [1.82, 2.24) is 19.7 Å². The fourth-order valence-electron chi connectivity index (χ4n) is 5.59. The number of carbonyl (C=O) groups excluding carboxylic acids is 4. The summed E-state index contributed by atoms with van der Waals surface area (Å²) < 4.78 is 21.4. The highest BCUT2D eigenvalue weighted by molar-refractivity contribution is 9.10. The van der Waals surface area contributed by atoms with Gasteiger partial charge in [0.15, 0.2) is 0 Å². The van der Waals surface area contributed by atoms with Crippen molar-refractivity contribution in [2.45, 2.75) is 96.9 Å². The number of halogens is 2. The number of rotatable bonds is 6. The van der Waals surface area contributed by atoms with E-state index in [0.717, 1.165) is 6.42 Å². The lowest BCUT2D eigenvalue weighted by Gasteiger charge is -2.34. The molecule has 13 heteroatoms. The summed E-state index contributed by atoms with van der Waals surface area (Å²) in [4.78, 5) is 71.2. The van der Waals surface area contributed by atoms with Crippen molar-refractivity contribution in [3.8, 4) is 0 Å². The first-order chi connectivity index (χ1) is 23.0. The van der Waals surface area contributed by atoms with Gasteiger partial charge in [-0.15, -0.1) is 0 Å². The van der Waals surface area contributed by atoms with Crippen LogP contribution in [0.4, 0.5) is 14.9 Å². The molecule has 1 aliphatic heterocycles. The SMILES string of the molecule is CC(C)C[C@@H]1NC(=O)[C@@H](n2cccc(NC(=O)OC(C)(C)C)c2=O)C/C=C/CCCCN(C)C(=O)[C@H](Cc2cc(F)ccc2Br)N(C)C1=O. The summed E-state index contributed by atoms with van der Waals surface area (Å²) in [7, 11) is 3.21. The number of nitrogens with one attached hydrogen (secondary N) is 2. The molecule has 4 amide bonds. The van der Waals surface area contributed by atoms with Crippen LogP contribution in [0.1, 0.15) is 78.3 Å². The third-order valence-electron chi connectivity index (χ3n) is 8.11. The van der Waals surface area contributed by atoms with Crippen molar-refractivity contribution >= 4 is 45.4 Å². The molecule has 1 aliphatic rings. The van der Waals surface area contributed by atoms with E-state index in [-0.39, 0.29) is 36.8 Å². The Morgan fingerprint density at radius 3 is 2.47 bits per heavy atom. The van der Waals surface area contributed by atoms with Crippen LogP contribution in [0, 0.1) is 11.7 Å². The van der Waals surface area contributed by atoms with Gasteiger partial charge in [-0.1, -0.05) is 41.9 Å². The molecule has 11 nitrogen and oxygen atoms in total. The molecule has 0 saturated carbocycles. The number of aromatic nitrogens is 1. The molecule has 2 heterocycles. The Bertz CT molecular complexity index is 1590. The number of hydrogen-bond donors (Lipinski definition) is 2. The number of hydrogen-bond acceptors (Lipinski definition) is 6. The minimum Gasteiger partial charge on any atom is -0.444 e. The quantitative estimate of drug-likeness (QED) is 0.358. The Hall–Kier alpha value is -4.00. The largest absolute Gasteiger partial charge is 0.444 e. The van der Waals surface area contributed by atoms with Gasteiger partial charge in [0.1, 0.15) is 35.2 Å². The molecule has 1 aromatic heterocycles. The topological polar surface area (TPSA) is 130 Å². The average Bonchev–Trinajstić information content (AvgIpc) is 3.01. The van der Waals surface area contributed by atoms with Gasteiger partial charge in [0.25, 0.3) is 5.56 Å². The van der Waals surface area contributed by atoms with Gasteiger partial charge in [-0.2, -0.15) is 0 Å². The van der Waals surface area contributed by atoms with Crippen LogP contribution in [-0.2, 0) is 25.5 Å². The normalized spacial score (nSPS) is 21.0. The van der Waals surface area contributed by atoms with Gasteiger partial charge in [-0.05, 0) is 94.7 Å². The summed E-state index contributed by atoms with van der Waals surface area (Å²) in [6.45, 7) is 9.39. The van der Waals surface area contributed by atoms with Crippen LogP contribution in [0.5, 0.6) is 0 Å². The molecular formula is C36H49BrFN5O6. The molecule has 0 spiro atoms. The van der Waals surface area contributed by atoms with Crippen LogP contribution >= 0.6 is 15.9 Å². The van der Waals surface area contributed by atoms with Crippen LogP contribution in [-0.4, -0.2) is 76.5 Å². The predicted molar refractivity (Wildman–Crippen MR) is 191 cm³/mol. The second kappa shape index (κ2) is 17.6. The van der Waals surface area contributed by atoms with E-state index in [9.17, 15) is 28.4 Å². The lowest BCUT2D eigenvalue weighted by molar-refractivity contribution is -0.146. The summed E-state index contributed by atoms with van der Waals surface area (Å²) in [5.41, 5.74) is -0.947. The van der Waals surface area contributed by atoms with Gasteiger partial charge < -0.3 is 24.4 Å². The molecule has 3 atom stereocenters. The minimum atomic E-state index is -1.06. The number of likely N-dealkylation sites (N-methyl/N-ethyl adjacent to an activating group) is 2. The zero-order valence-electron chi connectivity index (χ0n) is 29.4. The first-order valence-electron chi connectivity index (χ1n) is 16.6. The molecule has 49 heavy (non-hydrogen) atoms. The summed E-state index contributed by atoms with van der Waals surface area (Å²) in [5, 5.41) is 5.36. The van der Waals surface area contributed by atoms with Gasteiger partial charge in [0.05, 0.1) is 0 Å². The summed E-state index contributed by atoms with van der Waals surface area (Å²) in [6.07, 6.45) is 6.98. The summed E-state index contributed by atoms with van der Waals surface area (Å²) >= 11 is 3.45. The number of nitrogens with zero attached hydrogens (tertiary/aromatic N) is 3. The molecule has 2 aromatic rings. The molecular weight excluding hydrogens is 697 g/mol. The third kappa shape index (κ3) is 11.5. The van der Waals surface area contributed by atoms with E-state index in [1.54, 1.807) is 44.9 Å².